The third kappa shape index (κ3) is 2.80. The van der Waals surface area contributed by atoms with Crippen molar-refractivity contribution in [1.82, 2.24) is 4.98 Å². The Kier molecular flexibility index (Phi) is 4.71. The minimum absolute atomic E-state index is 0.105. The van der Waals surface area contributed by atoms with Crippen LogP contribution in [-0.4, -0.2) is 30.1 Å². The molecule has 0 saturated carbocycles. The van der Waals surface area contributed by atoms with E-state index in [1.165, 1.54) is 0 Å². The molecule has 1 heterocycles. The summed E-state index contributed by atoms with van der Waals surface area (Å²) in [5, 5.41) is 0. The van der Waals surface area contributed by atoms with Crippen molar-refractivity contribution in [3.63, 3.8) is 0 Å². The van der Waals surface area contributed by atoms with E-state index in [1.54, 1.807) is 27.0 Å². The van der Waals surface area contributed by atoms with Gasteiger partial charge < -0.3 is 14.5 Å². The van der Waals surface area contributed by atoms with Crippen LogP contribution in [0, 0.1) is 0 Å². The molecule has 0 atom stereocenters. The summed E-state index contributed by atoms with van der Waals surface area (Å²) in [5.41, 5.74) is 1.53. The van der Waals surface area contributed by atoms with E-state index in [0.717, 1.165) is 0 Å². The van der Waals surface area contributed by atoms with Crippen LogP contribution in [0.1, 0.15) is 47.2 Å². The molecule has 1 N–H and O–H groups in total. The van der Waals surface area contributed by atoms with Crippen molar-refractivity contribution >= 4 is 17.5 Å². The smallest absolute Gasteiger partial charge is 0.355 e. The fourth-order valence-corrected chi connectivity index (χ4v) is 1.54. The lowest BCUT2D eigenvalue weighted by Gasteiger charge is -2.06. The second-order valence-corrected chi connectivity index (χ2v) is 3.67. The number of hydrogen-bond acceptors (Lipinski definition) is 4. The van der Waals surface area contributed by atoms with Gasteiger partial charge in [0.1, 0.15) is 5.69 Å². The zero-order valence-electron chi connectivity index (χ0n) is 10.8. The average molecular weight is 251 g/mol. The second kappa shape index (κ2) is 6.05. The number of carbonyl (C=O) groups excluding carboxylic acids is 2. The van der Waals surface area contributed by atoms with Crippen LogP contribution >= 0.6 is 0 Å². The molecule has 0 fully saturated rings. The first-order valence-corrected chi connectivity index (χ1v) is 5.74. The van der Waals surface area contributed by atoms with Crippen LogP contribution in [0.4, 0.5) is 0 Å². The van der Waals surface area contributed by atoms with Crippen molar-refractivity contribution in [3.8, 4) is 0 Å². The van der Waals surface area contributed by atoms with E-state index in [2.05, 4.69) is 11.6 Å². The highest BCUT2D eigenvalue weighted by molar-refractivity contribution is 6.05. The van der Waals surface area contributed by atoms with Gasteiger partial charge in [-0.05, 0) is 26.3 Å². The highest BCUT2D eigenvalue weighted by Gasteiger charge is 2.25. The highest BCUT2D eigenvalue weighted by Crippen LogP contribution is 2.22. The maximum atomic E-state index is 11.9. The SMILES string of the molecule is C=C(C)c1c[nH]c(C(=O)OCC)c1C(=O)OCC. The van der Waals surface area contributed by atoms with Crippen LogP contribution in [0.25, 0.3) is 5.57 Å². The van der Waals surface area contributed by atoms with Crippen LogP contribution in [-0.2, 0) is 9.47 Å². The summed E-state index contributed by atoms with van der Waals surface area (Å²) in [6.07, 6.45) is 1.56. The van der Waals surface area contributed by atoms with Gasteiger partial charge in [0.05, 0.1) is 18.8 Å². The monoisotopic (exact) mass is 251 g/mol. The van der Waals surface area contributed by atoms with Gasteiger partial charge in [-0.25, -0.2) is 9.59 Å². The Morgan fingerprint density at radius 1 is 1.22 bits per heavy atom. The van der Waals surface area contributed by atoms with Gasteiger partial charge in [0.2, 0.25) is 0 Å². The van der Waals surface area contributed by atoms with Gasteiger partial charge in [0.25, 0.3) is 0 Å². The van der Waals surface area contributed by atoms with E-state index < -0.39 is 11.9 Å². The van der Waals surface area contributed by atoms with Crippen molar-refractivity contribution in [2.24, 2.45) is 0 Å². The molecule has 5 heteroatoms. The summed E-state index contributed by atoms with van der Waals surface area (Å²) in [6.45, 7) is 9.40. The Bertz CT molecular complexity index is 473. The van der Waals surface area contributed by atoms with Gasteiger partial charge >= 0.3 is 11.9 Å². The number of aromatic amines is 1. The van der Waals surface area contributed by atoms with Crippen LogP contribution in [0.15, 0.2) is 12.8 Å². The second-order valence-electron chi connectivity index (χ2n) is 3.67. The molecule has 0 saturated heterocycles. The summed E-state index contributed by atoms with van der Waals surface area (Å²) >= 11 is 0. The number of allylic oxidation sites excluding steroid dienone is 1. The Hall–Kier alpha value is -2.04. The van der Waals surface area contributed by atoms with E-state index in [1.807, 2.05) is 0 Å². The maximum absolute atomic E-state index is 11.9. The minimum atomic E-state index is -0.576. The molecule has 98 valence electrons. The lowest BCUT2D eigenvalue weighted by Crippen LogP contribution is -2.14. The van der Waals surface area contributed by atoms with E-state index in [9.17, 15) is 9.59 Å². The molecule has 1 aromatic heterocycles. The number of H-pyrrole nitrogens is 1. The first kappa shape index (κ1) is 14.0. The lowest BCUT2D eigenvalue weighted by atomic mass is 10.1. The molecule has 0 spiro atoms. The largest absolute Gasteiger partial charge is 0.462 e. The molecule has 0 aliphatic rings. The summed E-state index contributed by atoms with van der Waals surface area (Å²) in [6, 6.07) is 0. The van der Waals surface area contributed by atoms with Gasteiger partial charge in [-0.2, -0.15) is 0 Å². The zero-order chi connectivity index (χ0) is 13.7. The topological polar surface area (TPSA) is 68.4 Å². The average Bonchev–Trinajstić information content (AvgIpc) is 2.74. The first-order chi connectivity index (χ1) is 8.52. The fourth-order valence-electron chi connectivity index (χ4n) is 1.54. The number of esters is 2. The van der Waals surface area contributed by atoms with Gasteiger partial charge in [-0.15, -0.1) is 0 Å². The van der Waals surface area contributed by atoms with Crippen LogP contribution < -0.4 is 0 Å². The highest BCUT2D eigenvalue weighted by atomic mass is 16.5. The number of nitrogens with one attached hydrogen (secondary N) is 1. The fraction of sp³-hybridized carbons (Fsp3) is 0.385. The molecule has 18 heavy (non-hydrogen) atoms. The molecule has 0 aliphatic carbocycles. The van der Waals surface area contributed by atoms with E-state index in [0.29, 0.717) is 11.1 Å². The molecule has 1 rings (SSSR count). The molecule has 5 nitrogen and oxygen atoms in total. The standard InChI is InChI=1S/C13H17NO4/c1-5-17-12(15)10-9(8(3)4)7-14-11(10)13(16)18-6-2/h7,14H,3,5-6H2,1-2,4H3. The zero-order valence-corrected chi connectivity index (χ0v) is 10.8. The van der Waals surface area contributed by atoms with Gasteiger partial charge in [-0.3, -0.25) is 0 Å². The molecule has 0 unspecified atom stereocenters. The third-order valence-corrected chi connectivity index (χ3v) is 2.30. The molecule has 1 aromatic rings. The van der Waals surface area contributed by atoms with Gasteiger partial charge in [0.15, 0.2) is 0 Å². The lowest BCUT2D eigenvalue weighted by molar-refractivity contribution is 0.0475. The van der Waals surface area contributed by atoms with Crippen molar-refractivity contribution in [1.29, 1.82) is 0 Å². The molecule has 0 aliphatic heterocycles. The Morgan fingerprint density at radius 2 is 1.78 bits per heavy atom. The Balaban J connectivity index is 3.23. The summed E-state index contributed by atoms with van der Waals surface area (Å²) in [4.78, 5) is 26.3. The van der Waals surface area contributed by atoms with Crippen molar-refractivity contribution in [2.75, 3.05) is 13.2 Å². The quantitative estimate of drug-likeness (QED) is 0.816. The molecule has 0 aromatic carbocycles. The van der Waals surface area contributed by atoms with Gasteiger partial charge in [-0.1, -0.05) is 6.58 Å². The number of aromatic nitrogens is 1. The molecule has 0 amide bonds. The predicted molar refractivity (Wildman–Crippen MR) is 67.4 cm³/mol. The van der Waals surface area contributed by atoms with Crippen molar-refractivity contribution in [2.45, 2.75) is 20.8 Å². The maximum Gasteiger partial charge on any atom is 0.355 e. The predicted octanol–water partition coefficient (Wildman–Crippen LogP) is 2.40. The number of rotatable bonds is 5. The van der Waals surface area contributed by atoms with E-state index >= 15 is 0 Å². The summed E-state index contributed by atoms with van der Waals surface area (Å²) in [7, 11) is 0. The first-order valence-electron chi connectivity index (χ1n) is 5.74. The minimum Gasteiger partial charge on any atom is -0.462 e. The molecular formula is C13H17NO4. The number of hydrogen-bond donors (Lipinski definition) is 1. The van der Waals surface area contributed by atoms with Crippen LogP contribution in [0.3, 0.4) is 0 Å². The molecule has 0 radical (unpaired) electrons. The van der Waals surface area contributed by atoms with Crippen molar-refractivity contribution in [3.05, 3.63) is 29.6 Å². The molecular weight excluding hydrogens is 234 g/mol. The van der Waals surface area contributed by atoms with E-state index in [4.69, 9.17) is 9.47 Å². The summed E-state index contributed by atoms with van der Waals surface area (Å²) in [5.74, 6) is -1.13. The molecule has 0 bridgehead atoms. The number of carbonyl (C=O) groups is 2. The Morgan fingerprint density at radius 3 is 2.28 bits per heavy atom. The summed E-state index contributed by atoms with van der Waals surface area (Å²) < 4.78 is 9.82. The third-order valence-electron chi connectivity index (χ3n) is 2.30. The number of ether oxygens (including phenoxy) is 2. The van der Waals surface area contributed by atoms with Gasteiger partial charge in [0, 0.05) is 11.8 Å². The van der Waals surface area contributed by atoms with E-state index in [-0.39, 0.29) is 24.5 Å². The normalized spacial score (nSPS) is 9.94. The van der Waals surface area contributed by atoms with Crippen LogP contribution in [0.5, 0.6) is 0 Å². The Labute approximate surface area is 106 Å². The van der Waals surface area contributed by atoms with Crippen molar-refractivity contribution < 1.29 is 19.1 Å². The van der Waals surface area contributed by atoms with Crippen LogP contribution in [0.2, 0.25) is 0 Å².